The third kappa shape index (κ3) is 5.50. The Morgan fingerprint density at radius 3 is 2.62 bits per heavy atom. The van der Waals surface area contributed by atoms with E-state index in [4.69, 9.17) is 4.74 Å². The van der Waals surface area contributed by atoms with Gasteiger partial charge in [0, 0.05) is 17.2 Å². The van der Waals surface area contributed by atoms with Crippen molar-refractivity contribution in [2.24, 2.45) is 0 Å². The molecular formula is C16H27NO3S. The number of thioether (sulfide) groups is 1. The van der Waals surface area contributed by atoms with Gasteiger partial charge in [0.15, 0.2) is 0 Å². The van der Waals surface area contributed by atoms with Gasteiger partial charge < -0.3 is 14.7 Å². The first-order valence-corrected chi connectivity index (χ1v) is 7.26. The number of ether oxygens (including phenoxy) is 1. The lowest BCUT2D eigenvalue weighted by atomic mass is 10.2. The van der Waals surface area contributed by atoms with Gasteiger partial charge in [-0.15, -0.1) is 11.8 Å². The Labute approximate surface area is 132 Å². The van der Waals surface area contributed by atoms with Gasteiger partial charge >= 0.3 is 6.09 Å². The summed E-state index contributed by atoms with van der Waals surface area (Å²) < 4.78 is 5.39. The van der Waals surface area contributed by atoms with Gasteiger partial charge in [-0.3, -0.25) is 0 Å². The van der Waals surface area contributed by atoms with E-state index in [1.807, 2.05) is 26.8 Å². The zero-order chi connectivity index (χ0) is 14.0. The molecule has 120 valence electrons. The monoisotopic (exact) mass is 313 g/mol. The summed E-state index contributed by atoms with van der Waals surface area (Å²) in [5, 5.41) is 9.55. The summed E-state index contributed by atoms with van der Waals surface area (Å²) in [5.74, 6) is 1.06. The number of hydrogen-bond donors (Lipinski definition) is 1. The molecule has 1 aromatic carbocycles. The van der Waals surface area contributed by atoms with E-state index in [0.29, 0.717) is 13.1 Å². The standard InChI is InChI=1S/C14H19NO3S.2CH4/c1-14(2,3)18-13(17)15-6-7-19-12-5-4-11(16)8-10(12)9-15;;/h4-5,8,16H,6-7,9H2,1-3H3;2*1H4. The molecule has 0 unspecified atom stereocenters. The van der Waals surface area contributed by atoms with Crippen molar-refractivity contribution in [2.45, 2.75) is 52.7 Å². The highest BCUT2D eigenvalue weighted by Gasteiger charge is 2.24. The first-order valence-electron chi connectivity index (χ1n) is 6.28. The predicted molar refractivity (Wildman–Crippen MR) is 88.9 cm³/mol. The van der Waals surface area contributed by atoms with Gasteiger partial charge in [-0.25, -0.2) is 4.79 Å². The fraction of sp³-hybridized carbons (Fsp3) is 0.562. The number of carbonyl (C=O) groups is 1. The van der Waals surface area contributed by atoms with E-state index in [0.717, 1.165) is 16.2 Å². The van der Waals surface area contributed by atoms with E-state index in [2.05, 4.69) is 0 Å². The van der Waals surface area contributed by atoms with E-state index >= 15 is 0 Å². The van der Waals surface area contributed by atoms with Crippen LogP contribution in [-0.4, -0.2) is 34.0 Å². The molecule has 0 spiro atoms. The smallest absolute Gasteiger partial charge is 0.410 e. The predicted octanol–water partition coefficient (Wildman–Crippen LogP) is 4.51. The fourth-order valence-corrected chi connectivity index (χ4v) is 2.87. The first kappa shape index (κ1) is 19.6. The van der Waals surface area contributed by atoms with Crippen LogP contribution in [0, 0.1) is 0 Å². The maximum Gasteiger partial charge on any atom is 0.410 e. The van der Waals surface area contributed by atoms with E-state index < -0.39 is 5.60 Å². The van der Waals surface area contributed by atoms with Crippen LogP contribution >= 0.6 is 11.8 Å². The maximum atomic E-state index is 12.1. The van der Waals surface area contributed by atoms with Crippen molar-refractivity contribution in [3.63, 3.8) is 0 Å². The van der Waals surface area contributed by atoms with Gasteiger partial charge in [0.1, 0.15) is 11.4 Å². The van der Waals surface area contributed by atoms with E-state index in [1.165, 1.54) is 0 Å². The Morgan fingerprint density at radius 1 is 1.33 bits per heavy atom. The zero-order valence-corrected chi connectivity index (χ0v) is 12.3. The number of nitrogens with zero attached hydrogens (tertiary/aromatic N) is 1. The summed E-state index contributed by atoms with van der Waals surface area (Å²) in [7, 11) is 0. The van der Waals surface area contributed by atoms with Crippen LogP contribution in [0.25, 0.3) is 0 Å². The second kappa shape index (κ2) is 7.59. The average molecular weight is 313 g/mol. The number of carbonyl (C=O) groups excluding carboxylic acids is 1. The van der Waals surface area contributed by atoms with E-state index in [1.54, 1.807) is 28.8 Å². The molecule has 0 aliphatic carbocycles. The molecule has 21 heavy (non-hydrogen) atoms. The molecule has 4 nitrogen and oxygen atoms in total. The van der Waals surface area contributed by atoms with E-state index in [9.17, 15) is 9.90 Å². The Kier molecular flexibility index (Phi) is 7.10. The number of amides is 1. The number of phenols is 1. The Balaban J connectivity index is 0.00000200. The van der Waals surface area contributed by atoms with Crippen molar-refractivity contribution in [3.05, 3.63) is 23.8 Å². The normalized spacial score (nSPS) is 14.1. The van der Waals surface area contributed by atoms with Crippen molar-refractivity contribution >= 4 is 17.9 Å². The number of fused-ring (bicyclic) bond motifs is 1. The summed E-state index contributed by atoms with van der Waals surface area (Å²) >= 11 is 1.70. The number of phenolic OH excluding ortho intramolecular Hbond substituents is 1. The lowest BCUT2D eigenvalue weighted by Gasteiger charge is -2.26. The summed E-state index contributed by atoms with van der Waals surface area (Å²) in [6.45, 7) is 6.70. The van der Waals surface area contributed by atoms with Crippen molar-refractivity contribution in [1.29, 1.82) is 0 Å². The molecule has 1 aliphatic rings. The van der Waals surface area contributed by atoms with Crippen molar-refractivity contribution < 1.29 is 14.6 Å². The van der Waals surface area contributed by atoms with Crippen molar-refractivity contribution in [2.75, 3.05) is 12.3 Å². The molecule has 0 saturated heterocycles. The molecule has 1 aromatic rings. The Morgan fingerprint density at radius 2 is 2.00 bits per heavy atom. The van der Waals surface area contributed by atoms with Gasteiger partial charge in [0.25, 0.3) is 0 Å². The summed E-state index contributed by atoms with van der Waals surface area (Å²) in [6.07, 6.45) is -0.302. The number of rotatable bonds is 0. The SMILES string of the molecule is C.C.CC(C)(C)OC(=O)N1CCSc2ccc(O)cc2C1. The number of hydrogen-bond acceptors (Lipinski definition) is 4. The fourth-order valence-electron chi connectivity index (χ4n) is 1.86. The minimum atomic E-state index is -0.488. The molecule has 0 radical (unpaired) electrons. The van der Waals surface area contributed by atoms with Gasteiger partial charge in [0.2, 0.25) is 0 Å². The molecule has 0 bridgehead atoms. The van der Waals surface area contributed by atoms with Gasteiger partial charge in [-0.2, -0.15) is 0 Å². The van der Waals surface area contributed by atoms with E-state index in [-0.39, 0.29) is 26.7 Å². The second-order valence-corrected chi connectivity index (χ2v) is 6.68. The molecule has 2 rings (SSSR count). The third-order valence-electron chi connectivity index (χ3n) is 2.68. The van der Waals surface area contributed by atoms with Gasteiger partial charge in [-0.1, -0.05) is 14.9 Å². The zero-order valence-electron chi connectivity index (χ0n) is 11.5. The molecule has 0 atom stereocenters. The second-order valence-electron chi connectivity index (χ2n) is 5.54. The largest absolute Gasteiger partial charge is 0.508 e. The Bertz CT molecular complexity index is 483. The highest BCUT2D eigenvalue weighted by Crippen LogP contribution is 2.30. The average Bonchev–Trinajstić information content (AvgIpc) is 2.48. The first-order chi connectivity index (χ1) is 8.85. The minimum Gasteiger partial charge on any atom is -0.508 e. The quantitative estimate of drug-likeness (QED) is 0.765. The van der Waals surface area contributed by atoms with Crippen LogP contribution in [0.2, 0.25) is 0 Å². The molecule has 1 aliphatic heterocycles. The summed E-state index contributed by atoms with van der Waals surface area (Å²) in [6, 6.07) is 5.29. The lowest BCUT2D eigenvalue weighted by molar-refractivity contribution is 0.0246. The Hall–Kier alpha value is -1.36. The van der Waals surface area contributed by atoms with Crippen LogP contribution in [0.15, 0.2) is 23.1 Å². The van der Waals surface area contributed by atoms with Crippen molar-refractivity contribution in [1.82, 2.24) is 4.90 Å². The van der Waals surface area contributed by atoms with Crippen molar-refractivity contribution in [3.8, 4) is 5.75 Å². The topological polar surface area (TPSA) is 49.8 Å². The van der Waals surface area contributed by atoms with Crippen LogP contribution in [0.5, 0.6) is 5.75 Å². The molecule has 1 heterocycles. The minimum absolute atomic E-state index is 0. The molecule has 0 saturated carbocycles. The van der Waals surface area contributed by atoms with Crippen LogP contribution in [0.4, 0.5) is 4.79 Å². The van der Waals surface area contributed by atoms with Crippen LogP contribution in [0.1, 0.15) is 41.2 Å². The number of aromatic hydroxyl groups is 1. The highest BCUT2D eigenvalue weighted by molar-refractivity contribution is 7.99. The van der Waals surface area contributed by atoms with Crippen LogP contribution in [0.3, 0.4) is 0 Å². The molecule has 0 fully saturated rings. The molecular weight excluding hydrogens is 286 g/mol. The maximum absolute atomic E-state index is 12.1. The third-order valence-corrected chi connectivity index (χ3v) is 3.77. The molecule has 0 aromatic heterocycles. The molecule has 1 N–H and O–H groups in total. The van der Waals surface area contributed by atoms with Gasteiger partial charge in [0.05, 0.1) is 6.54 Å². The molecule has 1 amide bonds. The lowest BCUT2D eigenvalue weighted by Crippen LogP contribution is -2.37. The highest BCUT2D eigenvalue weighted by atomic mass is 32.2. The van der Waals surface area contributed by atoms with Crippen LogP contribution in [-0.2, 0) is 11.3 Å². The summed E-state index contributed by atoms with van der Waals surface area (Å²) in [4.78, 5) is 14.9. The van der Waals surface area contributed by atoms with Crippen LogP contribution < -0.4 is 0 Å². The molecule has 5 heteroatoms. The number of benzene rings is 1. The van der Waals surface area contributed by atoms with Gasteiger partial charge in [-0.05, 0) is 44.5 Å². The summed E-state index contributed by atoms with van der Waals surface area (Å²) in [5.41, 5.74) is 0.478.